The summed E-state index contributed by atoms with van der Waals surface area (Å²) in [5.74, 6) is 0.0572. The van der Waals surface area contributed by atoms with Crippen LogP contribution in [0, 0.1) is 0 Å². The normalized spacial score (nSPS) is 15.3. The molecule has 0 radical (unpaired) electrons. The van der Waals surface area contributed by atoms with E-state index in [9.17, 15) is 13.2 Å². The monoisotopic (exact) mass is 401 g/mol. The minimum absolute atomic E-state index is 0.0572. The van der Waals surface area contributed by atoms with Crippen molar-refractivity contribution in [3.05, 3.63) is 59.9 Å². The van der Waals surface area contributed by atoms with E-state index >= 15 is 0 Å². The van der Waals surface area contributed by atoms with Gasteiger partial charge in [0.25, 0.3) is 0 Å². The fourth-order valence-electron chi connectivity index (χ4n) is 3.37. The Kier molecular flexibility index (Phi) is 6.80. The largest absolute Gasteiger partial charge is 0.341 e. The number of benzene rings is 1. The van der Waals surface area contributed by atoms with E-state index in [-0.39, 0.29) is 5.91 Å². The number of hydrogen-bond acceptors (Lipinski definition) is 4. The number of carbonyl (C=O) groups excluding carboxylic acids is 1. The van der Waals surface area contributed by atoms with Crippen LogP contribution in [0.2, 0.25) is 0 Å². The van der Waals surface area contributed by atoms with Crippen LogP contribution in [0.3, 0.4) is 0 Å². The molecule has 0 saturated carbocycles. The minimum Gasteiger partial charge on any atom is -0.341 e. The van der Waals surface area contributed by atoms with Crippen molar-refractivity contribution >= 4 is 15.9 Å². The van der Waals surface area contributed by atoms with Crippen LogP contribution in [-0.4, -0.2) is 48.7 Å². The Labute approximate surface area is 167 Å². The summed E-state index contributed by atoms with van der Waals surface area (Å²) in [4.78, 5) is 18.4. The molecule has 1 aliphatic heterocycles. The highest BCUT2D eigenvalue weighted by Gasteiger charge is 2.25. The second kappa shape index (κ2) is 9.30. The number of nitrogens with zero attached hydrogens (tertiary/aromatic N) is 3. The molecular weight excluding hydrogens is 374 g/mol. The second-order valence-electron chi connectivity index (χ2n) is 7.21. The molecule has 0 aliphatic carbocycles. The lowest BCUT2D eigenvalue weighted by Gasteiger charge is -2.25. The summed E-state index contributed by atoms with van der Waals surface area (Å²) in [6, 6.07) is 10.7. The van der Waals surface area contributed by atoms with Crippen LogP contribution >= 0.6 is 0 Å². The molecule has 7 heteroatoms. The highest BCUT2D eigenvalue weighted by molar-refractivity contribution is 7.89. The van der Waals surface area contributed by atoms with Crippen molar-refractivity contribution in [1.82, 2.24) is 14.2 Å². The van der Waals surface area contributed by atoms with Crippen molar-refractivity contribution in [1.29, 1.82) is 0 Å². The molecule has 0 unspecified atom stereocenters. The molecule has 1 fully saturated rings. The predicted octanol–water partition coefficient (Wildman–Crippen LogP) is 2.85. The highest BCUT2D eigenvalue weighted by atomic mass is 32.2. The minimum atomic E-state index is -3.41. The lowest BCUT2D eigenvalue weighted by atomic mass is 10.1. The van der Waals surface area contributed by atoms with Gasteiger partial charge in [-0.2, -0.15) is 4.31 Å². The van der Waals surface area contributed by atoms with Gasteiger partial charge in [0.2, 0.25) is 15.9 Å². The van der Waals surface area contributed by atoms with E-state index in [0.29, 0.717) is 37.4 Å². The van der Waals surface area contributed by atoms with Crippen molar-refractivity contribution in [2.45, 2.75) is 43.5 Å². The number of pyridine rings is 1. The van der Waals surface area contributed by atoms with E-state index in [1.807, 2.05) is 24.3 Å². The van der Waals surface area contributed by atoms with Crippen molar-refractivity contribution in [3.63, 3.8) is 0 Å². The molecule has 2 aromatic rings. The number of rotatable bonds is 7. The van der Waals surface area contributed by atoms with Crippen LogP contribution in [0.15, 0.2) is 53.7 Å². The van der Waals surface area contributed by atoms with Gasteiger partial charge in [-0.05, 0) is 54.7 Å². The fraction of sp³-hybridized carbons (Fsp3) is 0.429. The van der Waals surface area contributed by atoms with Crippen molar-refractivity contribution in [2.75, 3.05) is 20.1 Å². The second-order valence-corrected chi connectivity index (χ2v) is 9.15. The van der Waals surface area contributed by atoms with E-state index in [1.165, 1.54) is 0 Å². The van der Waals surface area contributed by atoms with Crippen LogP contribution in [0.1, 0.15) is 36.8 Å². The third-order valence-corrected chi connectivity index (χ3v) is 7.01. The highest BCUT2D eigenvalue weighted by Crippen LogP contribution is 2.21. The first-order chi connectivity index (χ1) is 13.5. The number of amides is 1. The topological polar surface area (TPSA) is 70.6 Å². The maximum atomic E-state index is 12.7. The summed E-state index contributed by atoms with van der Waals surface area (Å²) in [5, 5.41) is 0. The average molecular weight is 402 g/mol. The maximum absolute atomic E-state index is 12.7. The summed E-state index contributed by atoms with van der Waals surface area (Å²) in [7, 11) is -1.62. The molecule has 3 rings (SSSR count). The number of piperidine rings is 1. The average Bonchev–Trinajstić information content (AvgIpc) is 2.73. The van der Waals surface area contributed by atoms with Gasteiger partial charge in [0.15, 0.2) is 0 Å². The van der Waals surface area contributed by atoms with Crippen molar-refractivity contribution in [2.24, 2.45) is 0 Å². The van der Waals surface area contributed by atoms with E-state index in [2.05, 4.69) is 4.98 Å². The Balaban J connectivity index is 1.54. The molecule has 6 nitrogen and oxygen atoms in total. The number of carbonyl (C=O) groups is 1. The van der Waals surface area contributed by atoms with Gasteiger partial charge >= 0.3 is 0 Å². The maximum Gasteiger partial charge on any atom is 0.243 e. The number of hydrogen-bond donors (Lipinski definition) is 0. The molecule has 1 saturated heterocycles. The van der Waals surface area contributed by atoms with Crippen LogP contribution < -0.4 is 0 Å². The quantitative estimate of drug-likeness (QED) is 0.715. The van der Waals surface area contributed by atoms with Gasteiger partial charge in [-0.15, -0.1) is 0 Å². The van der Waals surface area contributed by atoms with Crippen molar-refractivity contribution in [3.8, 4) is 0 Å². The van der Waals surface area contributed by atoms with Gasteiger partial charge in [0.1, 0.15) is 0 Å². The molecule has 1 amide bonds. The van der Waals surface area contributed by atoms with E-state index in [0.717, 1.165) is 30.4 Å². The lowest BCUT2D eigenvalue weighted by molar-refractivity contribution is -0.130. The summed E-state index contributed by atoms with van der Waals surface area (Å²) < 4.78 is 26.9. The van der Waals surface area contributed by atoms with Gasteiger partial charge in [0, 0.05) is 45.5 Å². The Hall–Kier alpha value is -2.25. The molecular formula is C21H27N3O3S. The summed E-state index contributed by atoms with van der Waals surface area (Å²) in [6.45, 7) is 1.75. The number of aromatic nitrogens is 1. The van der Waals surface area contributed by atoms with Crippen LogP contribution in [0.5, 0.6) is 0 Å². The van der Waals surface area contributed by atoms with E-state index in [1.54, 1.807) is 40.8 Å². The predicted molar refractivity (Wildman–Crippen MR) is 108 cm³/mol. The van der Waals surface area contributed by atoms with Gasteiger partial charge in [-0.25, -0.2) is 8.42 Å². The third kappa shape index (κ3) is 5.17. The molecule has 0 N–H and O–H groups in total. The SMILES string of the molecule is CN(Cc1ccncc1)C(=O)CCc1ccc(S(=O)(=O)N2CCCCC2)cc1. The molecule has 28 heavy (non-hydrogen) atoms. The van der Waals surface area contributed by atoms with Crippen LogP contribution in [0.25, 0.3) is 0 Å². The lowest BCUT2D eigenvalue weighted by Crippen LogP contribution is -2.35. The molecule has 1 aliphatic rings. The fourth-order valence-corrected chi connectivity index (χ4v) is 4.89. The first kappa shape index (κ1) is 20.5. The zero-order valence-electron chi connectivity index (χ0n) is 16.3. The van der Waals surface area contributed by atoms with Gasteiger partial charge in [0.05, 0.1) is 4.90 Å². The first-order valence-corrected chi connectivity index (χ1v) is 11.1. The molecule has 1 aromatic heterocycles. The summed E-state index contributed by atoms with van der Waals surface area (Å²) in [6.07, 6.45) is 7.34. The van der Waals surface area contributed by atoms with E-state index < -0.39 is 10.0 Å². The molecule has 0 spiro atoms. The smallest absolute Gasteiger partial charge is 0.243 e. The summed E-state index contributed by atoms with van der Waals surface area (Å²) >= 11 is 0. The molecule has 2 heterocycles. The third-order valence-electron chi connectivity index (χ3n) is 5.10. The molecule has 0 atom stereocenters. The molecule has 0 bridgehead atoms. The van der Waals surface area contributed by atoms with Gasteiger partial charge in [-0.1, -0.05) is 18.6 Å². The van der Waals surface area contributed by atoms with Crippen LogP contribution in [0.4, 0.5) is 0 Å². The van der Waals surface area contributed by atoms with Gasteiger partial charge in [-0.3, -0.25) is 9.78 Å². The Bertz CT molecular complexity index is 877. The molecule has 150 valence electrons. The summed E-state index contributed by atoms with van der Waals surface area (Å²) in [5.41, 5.74) is 2.00. The first-order valence-electron chi connectivity index (χ1n) is 9.69. The number of sulfonamides is 1. The molecule has 1 aromatic carbocycles. The van der Waals surface area contributed by atoms with Crippen molar-refractivity contribution < 1.29 is 13.2 Å². The zero-order valence-corrected chi connectivity index (χ0v) is 17.1. The Morgan fingerprint density at radius 1 is 1.00 bits per heavy atom. The van der Waals surface area contributed by atoms with Crippen LogP contribution in [-0.2, 0) is 27.8 Å². The van der Waals surface area contributed by atoms with Gasteiger partial charge < -0.3 is 4.90 Å². The number of aryl methyl sites for hydroxylation is 1. The standard InChI is InChI=1S/C21H27N3O3S/c1-23(17-19-11-13-22-14-12-19)21(25)10-7-18-5-8-20(9-6-18)28(26,27)24-15-3-2-4-16-24/h5-6,8-9,11-14H,2-4,7,10,15-17H2,1H3. The Morgan fingerprint density at radius 2 is 1.64 bits per heavy atom. The zero-order chi connectivity index (χ0) is 20.0. The Morgan fingerprint density at radius 3 is 2.29 bits per heavy atom. The van der Waals surface area contributed by atoms with E-state index in [4.69, 9.17) is 0 Å².